The highest BCUT2D eigenvalue weighted by atomic mass is 32.1. The summed E-state index contributed by atoms with van der Waals surface area (Å²) < 4.78 is 1.25. The average Bonchev–Trinajstić information content (AvgIpc) is 2.99. The summed E-state index contributed by atoms with van der Waals surface area (Å²) in [7, 11) is 0. The molecule has 22 heavy (non-hydrogen) atoms. The fourth-order valence-electron chi connectivity index (χ4n) is 1.98. The van der Waals surface area contributed by atoms with E-state index in [1.54, 1.807) is 11.4 Å². The molecule has 0 aliphatic heterocycles. The number of carbonyl (C=O) groups excluding carboxylic acids is 1. The quantitative estimate of drug-likeness (QED) is 0.794. The lowest BCUT2D eigenvalue weighted by Crippen LogP contribution is -2.37. The molecule has 0 bridgehead atoms. The number of amides is 1. The van der Waals surface area contributed by atoms with Crippen molar-refractivity contribution in [2.75, 3.05) is 13.1 Å². The van der Waals surface area contributed by atoms with Gasteiger partial charge in [-0.05, 0) is 11.4 Å². The van der Waals surface area contributed by atoms with Crippen LogP contribution in [-0.2, 0) is 11.3 Å². The maximum absolute atomic E-state index is 12.3. The number of carbonyl (C=O) groups is 1. The third kappa shape index (κ3) is 3.48. The molecule has 8 heteroatoms. The molecule has 0 aliphatic carbocycles. The minimum atomic E-state index is -0.302. The van der Waals surface area contributed by atoms with Gasteiger partial charge in [-0.3, -0.25) is 14.2 Å². The predicted octanol–water partition coefficient (Wildman–Crippen LogP) is 1.11. The molecule has 2 heterocycles. The minimum Gasteiger partial charge on any atom is -0.339 e. The third-order valence-corrected chi connectivity index (χ3v) is 3.92. The fraction of sp³-hybridized carbons (Fsp3) is 0.357. The summed E-state index contributed by atoms with van der Waals surface area (Å²) in [5, 5.41) is 19.5. The highest BCUT2D eigenvalue weighted by molar-refractivity contribution is 7.16. The van der Waals surface area contributed by atoms with Crippen molar-refractivity contribution < 1.29 is 4.79 Å². The van der Waals surface area contributed by atoms with Crippen molar-refractivity contribution in [3.8, 4) is 12.1 Å². The summed E-state index contributed by atoms with van der Waals surface area (Å²) in [6.45, 7) is 0.355. The van der Waals surface area contributed by atoms with Gasteiger partial charge in [-0.2, -0.15) is 10.5 Å². The van der Waals surface area contributed by atoms with Crippen LogP contribution >= 0.6 is 11.3 Å². The number of fused-ring (bicyclic) bond motifs is 1. The fourth-order valence-corrected chi connectivity index (χ4v) is 2.71. The second kappa shape index (κ2) is 7.34. The number of rotatable bonds is 6. The molecule has 0 saturated carbocycles. The number of nitriles is 2. The zero-order chi connectivity index (χ0) is 15.9. The second-order valence-electron chi connectivity index (χ2n) is 4.51. The third-order valence-electron chi connectivity index (χ3n) is 3.10. The van der Waals surface area contributed by atoms with Gasteiger partial charge in [0.1, 0.15) is 11.4 Å². The van der Waals surface area contributed by atoms with Crippen LogP contribution in [-0.4, -0.2) is 33.4 Å². The molecule has 0 atom stereocenters. The molecule has 0 unspecified atom stereocenters. The summed E-state index contributed by atoms with van der Waals surface area (Å²) in [6, 6.07) is 5.62. The summed E-state index contributed by atoms with van der Waals surface area (Å²) in [5.41, 5.74) is -0.264. The summed E-state index contributed by atoms with van der Waals surface area (Å²) in [5.74, 6) is -0.302. The van der Waals surface area contributed by atoms with Gasteiger partial charge < -0.3 is 4.90 Å². The van der Waals surface area contributed by atoms with E-state index in [-0.39, 0.29) is 43.9 Å². The molecule has 0 N–H and O–H groups in total. The van der Waals surface area contributed by atoms with Crippen LogP contribution in [0, 0.1) is 22.7 Å². The number of nitrogens with zero attached hydrogens (tertiary/aromatic N) is 5. The van der Waals surface area contributed by atoms with Gasteiger partial charge >= 0.3 is 0 Å². The Balaban J connectivity index is 2.16. The van der Waals surface area contributed by atoms with Crippen molar-refractivity contribution >= 4 is 27.5 Å². The molecule has 7 nitrogen and oxygen atoms in total. The van der Waals surface area contributed by atoms with Crippen molar-refractivity contribution in [3.05, 3.63) is 28.1 Å². The Kier molecular flexibility index (Phi) is 5.23. The van der Waals surface area contributed by atoms with E-state index in [2.05, 4.69) is 4.98 Å². The molecular weight excluding hydrogens is 302 g/mol. The van der Waals surface area contributed by atoms with Gasteiger partial charge in [0.15, 0.2) is 0 Å². The van der Waals surface area contributed by atoms with Crippen LogP contribution in [0.1, 0.15) is 12.8 Å². The standard InChI is InChI=1S/C14H13N5O2S/c15-4-1-6-18(7-2-5-16)12(20)9-19-10-17-13-11(14(19)21)3-8-22-13/h3,8,10H,1-2,6-7,9H2. The molecule has 0 radical (unpaired) electrons. The van der Waals surface area contributed by atoms with Crippen LogP contribution in [0.15, 0.2) is 22.6 Å². The summed E-state index contributed by atoms with van der Waals surface area (Å²) >= 11 is 1.37. The SMILES string of the molecule is N#CCCN(CCC#N)C(=O)Cn1cnc2sccc2c1=O. The van der Waals surface area contributed by atoms with Crippen molar-refractivity contribution in [1.29, 1.82) is 10.5 Å². The maximum atomic E-state index is 12.3. The Morgan fingerprint density at radius 3 is 2.64 bits per heavy atom. The van der Waals surface area contributed by atoms with Gasteiger partial charge in [-0.25, -0.2) is 4.98 Å². The average molecular weight is 315 g/mol. The Morgan fingerprint density at radius 2 is 2.00 bits per heavy atom. The lowest BCUT2D eigenvalue weighted by molar-refractivity contribution is -0.131. The molecule has 0 fully saturated rings. The zero-order valence-electron chi connectivity index (χ0n) is 11.7. The molecule has 0 saturated heterocycles. The summed E-state index contributed by atoms with van der Waals surface area (Å²) in [6.07, 6.45) is 1.73. The monoisotopic (exact) mass is 315 g/mol. The molecule has 2 rings (SSSR count). The van der Waals surface area contributed by atoms with Crippen LogP contribution in [0.3, 0.4) is 0 Å². The van der Waals surface area contributed by atoms with Crippen molar-refractivity contribution in [3.63, 3.8) is 0 Å². The molecule has 2 aromatic rings. The maximum Gasteiger partial charge on any atom is 0.262 e. The number of hydrogen-bond donors (Lipinski definition) is 0. The van der Waals surface area contributed by atoms with Crippen molar-refractivity contribution in [2.24, 2.45) is 0 Å². The topological polar surface area (TPSA) is 103 Å². The van der Waals surface area contributed by atoms with Gasteiger partial charge in [-0.1, -0.05) is 0 Å². The van der Waals surface area contributed by atoms with E-state index < -0.39 is 0 Å². The number of thiophene rings is 1. The van der Waals surface area contributed by atoms with E-state index in [1.165, 1.54) is 27.1 Å². The highest BCUT2D eigenvalue weighted by Gasteiger charge is 2.15. The van der Waals surface area contributed by atoms with Gasteiger partial charge in [0.25, 0.3) is 5.56 Å². The Labute approximate surface area is 130 Å². The molecular formula is C14H13N5O2S. The lowest BCUT2D eigenvalue weighted by atomic mass is 10.3. The smallest absolute Gasteiger partial charge is 0.262 e. The van der Waals surface area contributed by atoms with Gasteiger partial charge in [0.2, 0.25) is 5.91 Å². The van der Waals surface area contributed by atoms with E-state index in [4.69, 9.17) is 10.5 Å². The van der Waals surface area contributed by atoms with E-state index >= 15 is 0 Å². The van der Waals surface area contributed by atoms with Crippen LogP contribution in [0.4, 0.5) is 0 Å². The molecule has 112 valence electrons. The van der Waals surface area contributed by atoms with Gasteiger partial charge in [-0.15, -0.1) is 11.3 Å². The molecule has 2 aromatic heterocycles. The first-order valence-corrected chi connectivity index (χ1v) is 7.49. The van der Waals surface area contributed by atoms with Crippen LogP contribution in [0.25, 0.3) is 10.2 Å². The molecule has 1 amide bonds. The van der Waals surface area contributed by atoms with Crippen LogP contribution in [0.2, 0.25) is 0 Å². The van der Waals surface area contributed by atoms with Crippen molar-refractivity contribution in [2.45, 2.75) is 19.4 Å². The Morgan fingerprint density at radius 1 is 1.32 bits per heavy atom. The Bertz CT molecular complexity index is 793. The van der Waals surface area contributed by atoms with Gasteiger partial charge in [0, 0.05) is 13.1 Å². The first kappa shape index (κ1) is 15.7. The predicted molar refractivity (Wildman–Crippen MR) is 80.9 cm³/mol. The number of hydrogen-bond acceptors (Lipinski definition) is 6. The van der Waals surface area contributed by atoms with E-state index in [0.29, 0.717) is 10.2 Å². The van der Waals surface area contributed by atoms with E-state index in [1.807, 2.05) is 12.1 Å². The lowest BCUT2D eigenvalue weighted by Gasteiger charge is -2.20. The molecule has 0 aliphatic rings. The second-order valence-corrected chi connectivity index (χ2v) is 5.41. The van der Waals surface area contributed by atoms with Crippen molar-refractivity contribution in [1.82, 2.24) is 14.5 Å². The normalized spacial score (nSPS) is 10.1. The van der Waals surface area contributed by atoms with Gasteiger partial charge in [0.05, 0.1) is 36.7 Å². The minimum absolute atomic E-state index is 0.144. The largest absolute Gasteiger partial charge is 0.339 e. The number of aromatic nitrogens is 2. The first-order chi connectivity index (χ1) is 10.7. The van der Waals surface area contributed by atoms with E-state index in [0.717, 1.165) is 0 Å². The van der Waals surface area contributed by atoms with E-state index in [9.17, 15) is 9.59 Å². The highest BCUT2D eigenvalue weighted by Crippen LogP contribution is 2.13. The molecule has 0 aromatic carbocycles. The molecule has 0 spiro atoms. The first-order valence-electron chi connectivity index (χ1n) is 6.61. The summed E-state index contributed by atoms with van der Waals surface area (Å²) in [4.78, 5) is 30.7. The van der Waals surface area contributed by atoms with Crippen LogP contribution in [0.5, 0.6) is 0 Å². The Hall–Kier alpha value is -2.71. The van der Waals surface area contributed by atoms with Crippen LogP contribution < -0.4 is 5.56 Å². The zero-order valence-corrected chi connectivity index (χ0v) is 12.5.